The van der Waals surface area contributed by atoms with Gasteiger partial charge in [0.05, 0.1) is 18.7 Å². The largest absolute Gasteiger partial charge is 0.373 e. The number of nitrogens with one attached hydrogen (secondary N) is 1. The van der Waals surface area contributed by atoms with Crippen molar-refractivity contribution in [2.45, 2.75) is 31.4 Å². The van der Waals surface area contributed by atoms with Gasteiger partial charge in [-0.05, 0) is 25.3 Å². The van der Waals surface area contributed by atoms with Crippen molar-refractivity contribution in [1.82, 2.24) is 10.2 Å². The standard InChI is InChI=1S/C16H20N2O3/c1-16(8-5-9-21-16)11-18-13(19)10-17-15(20)14(18)12-6-3-2-4-7-12/h2-4,6-7,14H,5,8-11H2,1H3,(H,17,20). The second-order valence-corrected chi connectivity index (χ2v) is 5.95. The predicted molar refractivity (Wildman–Crippen MR) is 77.5 cm³/mol. The molecule has 2 atom stereocenters. The summed E-state index contributed by atoms with van der Waals surface area (Å²) in [6.07, 6.45) is 1.92. The number of hydrogen-bond acceptors (Lipinski definition) is 3. The van der Waals surface area contributed by atoms with E-state index in [1.54, 1.807) is 4.90 Å². The van der Waals surface area contributed by atoms with Crippen molar-refractivity contribution in [2.75, 3.05) is 19.7 Å². The van der Waals surface area contributed by atoms with Crippen molar-refractivity contribution in [3.05, 3.63) is 35.9 Å². The minimum absolute atomic E-state index is 0.0554. The quantitative estimate of drug-likeness (QED) is 0.911. The van der Waals surface area contributed by atoms with E-state index in [9.17, 15) is 9.59 Å². The number of benzene rings is 1. The maximum Gasteiger partial charge on any atom is 0.247 e. The summed E-state index contributed by atoms with van der Waals surface area (Å²) in [5.41, 5.74) is 0.491. The molecule has 0 aliphatic carbocycles. The third-order valence-electron chi connectivity index (χ3n) is 4.21. The fraction of sp³-hybridized carbons (Fsp3) is 0.500. The first-order valence-corrected chi connectivity index (χ1v) is 7.35. The van der Waals surface area contributed by atoms with Crippen LogP contribution in [0.1, 0.15) is 31.4 Å². The Kier molecular flexibility index (Phi) is 3.68. The van der Waals surface area contributed by atoms with Crippen molar-refractivity contribution >= 4 is 11.8 Å². The van der Waals surface area contributed by atoms with E-state index in [1.165, 1.54) is 0 Å². The lowest BCUT2D eigenvalue weighted by molar-refractivity contribution is -0.149. The maximum absolute atomic E-state index is 12.3. The van der Waals surface area contributed by atoms with Gasteiger partial charge in [0.2, 0.25) is 11.8 Å². The molecule has 0 aromatic heterocycles. The second-order valence-electron chi connectivity index (χ2n) is 5.95. The number of rotatable bonds is 3. The van der Waals surface area contributed by atoms with E-state index < -0.39 is 6.04 Å². The highest BCUT2D eigenvalue weighted by molar-refractivity contribution is 5.95. The Hall–Kier alpha value is -1.88. The van der Waals surface area contributed by atoms with Crippen LogP contribution in [-0.2, 0) is 14.3 Å². The molecule has 2 heterocycles. The molecule has 2 aliphatic rings. The highest BCUT2D eigenvalue weighted by Gasteiger charge is 2.41. The van der Waals surface area contributed by atoms with E-state index in [0.717, 1.165) is 25.0 Å². The number of carbonyl (C=O) groups is 2. The summed E-state index contributed by atoms with van der Waals surface area (Å²) in [6.45, 7) is 3.26. The third kappa shape index (κ3) is 2.78. The Balaban J connectivity index is 1.89. The lowest BCUT2D eigenvalue weighted by atomic mass is 9.97. The second kappa shape index (κ2) is 5.48. The topological polar surface area (TPSA) is 58.6 Å². The summed E-state index contributed by atoms with van der Waals surface area (Å²) in [5.74, 6) is -0.178. The van der Waals surface area contributed by atoms with Gasteiger partial charge in [-0.15, -0.1) is 0 Å². The number of hydrogen-bond donors (Lipinski definition) is 1. The normalized spacial score (nSPS) is 29.6. The predicted octanol–water partition coefficient (Wildman–Crippen LogP) is 1.26. The molecule has 2 aliphatic heterocycles. The molecule has 0 spiro atoms. The first-order chi connectivity index (χ1) is 10.1. The van der Waals surface area contributed by atoms with Crippen molar-refractivity contribution in [1.29, 1.82) is 0 Å². The average Bonchev–Trinajstić information content (AvgIpc) is 2.91. The molecule has 3 rings (SSSR count). The summed E-state index contributed by atoms with van der Waals surface area (Å²) in [5, 5.41) is 2.68. The monoisotopic (exact) mass is 288 g/mol. The molecular formula is C16H20N2O3. The molecule has 2 fully saturated rings. The molecule has 0 saturated carbocycles. The first kappa shape index (κ1) is 14.1. The fourth-order valence-electron chi connectivity index (χ4n) is 3.11. The molecule has 5 nitrogen and oxygen atoms in total. The van der Waals surface area contributed by atoms with E-state index in [-0.39, 0.29) is 24.0 Å². The van der Waals surface area contributed by atoms with Gasteiger partial charge in [0.15, 0.2) is 0 Å². The summed E-state index contributed by atoms with van der Waals surface area (Å²) < 4.78 is 5.79. The molecule has 21 heavy (non-hydrogen) atoms. The highest BCUT2D eigenvalue weighted by atomic mass is 16.5. The summed E-state index contributed by atoms with van der Waals surface area (Å²) in [6, 6.07) is 8.87. The zero-order chi connectivity index (χ0) is 14.9. The third-order valence-corrected chi connectivity index (χ3v) is 4.21. The van der Waals surface area contributed by atoms with E-state index >= 15 is 0 Å². The SMILES string of the molecule is CC1(CN2C(=O)CNC(=O)C2c2ccccc2)CCCO1. The molecule has 112 valence electrons. The van der Waals surface area contributed by atoms with E-state index in [0.29, 0.717) is 6.54 Å². The zero-order valence-electron chi connectivity index (χ0n) is 12.2. The lowest BCUT2D eigenvalue weighted by Gasteiger charge is -2.39. The van der Waals surface area contributed by atoms with Gasteiger partial charge in [-0.1, -0.05) is 30.3 Å². The molecule has 2 amide bonds. The zero-order valence-corrected chi connectivity index (χ0v) is 12.2. The van der Waals surface area contributed by atoms with Crippen LogP contribution >= 0.6 is 0 Å². The Morgan fingerprint density at radius 2 is 2.10 bits per heavy atom. The Bertz CT molecular complexity index is 538. The van der Waals surface area contributed by atoms with Crippen LogP contribution in [0, 0.1) is 0 Å². The Morgan fingerprint density at radius 1 is 1.33 bits per heavy atom. The molecule has 1 N–H and O–H groups in total. The van der Waals surface area contributed by atoms with Gasteiger partial charge in [0.25, 0.3) is 0 Å². The van der Waals surface area contributed by atoms with Crippen molar-refractivity contribution < 1.29 is 14.3 Å². The van der Waals surface area contributed by atoms with Gasteiger partial charge in [-0.3, -0.25) is 9.59 Å². The Morgan fingerprint density at radius 3 is 2.76 bits per heavy atom. The van der Waals surface area contributed by atoms with Crippen LogP contribution < -0.4 is 5.32 Å². The van der Waals surface area contributed by atoms with Gasteiger partial charge in [-0.25, -0.2) is 0 Å². The minimum atomic E-state index is -0.562. The van der Waals surface area contributed by atoms with Gasteiger partial charge in [-0.2, -0.15) is 0 Å². The van der Waals surface area contributed by atoms with E-state index in [1.807, 2.05) is 37.3 Å². The number of carbonyl (C=O) groups excluding carboxylic acids is 2. The highest BCUT2D eigenvalue weighted by Crippen LogP contribution is 2.31. The number of amides is 2. The molecule has 2 unspecified atom stereocenters. The van der Waals surface area contributed by atoms with Gasteiger partial charge in [0.1, 0.15) is 6.04 Å². The van der Waals surface area contributed by atoms with Crippen LogP contribution in [0.5, 0.6) is 0 Å². The van der Waals surface area contributed by atoms with Crippen LogP contribution in [0.4, 0.5) is 0 Å². The maximum atomic E-state index is 12.3. The molecule has 5 heteroatoms. The molecular weight excluding hydrogens is 268 g/mol. The van der Waals surface area contributed by atoms with Gasteiger partial charge < -0.3 is 15.0 Å². The average molecular weight is 288 g/mol. The summed E-state index contributed by atoms with van der Waals surface area (Å²) in [4.78, 5) is 26.3. The van der Waals surface area contributed by atoms with E-state index in [4.69, 9.17) is 4.74 Å². The minimum Gasteiger partial charge on any atom is -0.373 e. The molecule has 2 saturated heterocycles. The van der Waals surface area contributed by atoms with Crippen LogP contribution in [0.25, 0.3) is 0 Å². The number of nitrogens with zero attached hydrogens (tertiary/aromatic N) is 1. The van der Waals surface area contributed by atoms with Crippen LogP contribution in [0.3, 0.4) is 0 Å². The summed E-state index contributed by atoms with van der Waals surface area (Å²) in [7, 11) is 0. The summed E-state index contributed by atoms with van der Waals surface area (Å²) >= 11 is 0. The van der Waals surface area contributed by atoms with Gasteiger partial charge in [0, 0.05) is 6.61 Å². The van der Waals surface area contributed by atoms with Crippen molar-refractivity contribution in [3.8, 4) is 0 Å². The molecule has 1 aromatic rings. The number of ether oxygens (including phenoxy) is 1. The van der Waals surface area contributed by atoms with Crippen LogP contribution in [-0.4, -0.2) is 42.0 Å². The smallest absolute Gasteiger partial charge is 0.247 e. The van der Waals surface area contributed by atoms with Crippen LogP contribution in [0.15, 0.2) is 30.3 Å². The van der Waals surface area contributed by atoms with Crippen molar-refractivity contribution in [3.63, 3.8) is 0 Å². The molecule has 0 bridgehead atoms. The van der Waals surface area contributed by atoms with Crippen molar-refractivity contribution in [2.24, 2.45) is 0 Å². The number of piperazine rings is 1. The molecule has 1 aromatic carbocycles. The van der Waals surface area contributed by atoms with Crippen LogP contribution in [0.2, 0.25) is 0 Å². The van der Waals surface area contributed by atoms with E-state index in [2.05, 4.69) is 5.32 Å². The lowest BCUT2D eigenvalue weighted by Crippen LogP contribution is -2.57. The van der Waals surface area contributed by atoms with Gasteiger partial charge >= 0.3 is 0 Å². The fourth-order valence-corrected chi connectivity index (χ4v) is 3.11. The molecule has 0 radical (unpaired) electrons. The Labute approximate surface area is 124 Å². The first-order valence-electron chi connectivity index (χ1n) is 7.35.